The number of nitrogens with zero attached hydrogens (tertiary/aromatic N) is 2. The SMILES string of the molecule is CCN(C(/C=C(\C)CS(C)(=O)=O)=NC)C(C)C. The summed E-state index contributed by atoms with van der Waals surface area (Å²) in [6.45, 7) is 8.92. The van der Waals surface area contributed by atoms with Crippen LogP contribution in [0.25, 0.3) is 0 Å². The third-order valence-electron chi connectivity index (χ3n) is 2.35. The Morgan fingerprint density at radius 2 is 1.94 bits per heavy atom. The van der Waals surface area contributed by atoms with E-state index in [1.807, 2.05) is 13.0 Å². The second-order valence-corrected chi connectivity index (χ2v) is 6.66. The van der Waals surface area contributed by atoms with E-state index >= 15 is 0 Å². The van der Waals surface area contributed by atoms with E-state index < -0.39 is 9.84 Å². The number of amidine groups is 1. The van der Waals surface area contributed by atoms with Crippen LogP contribution in [0.5, 0.6) is 0 Å². The highest BCUT2D eigenvalue weighted by atomic mass is 32.2. The Morgan fingerprint density at radius 1 is 1.41 bits per heavy atom. The van der Waals surface area contributed by atoms with Crippen LogP contribution in [-0.4, -0.2) is 50.8 Å². The molecule has 0 bridgehead atoms. The summed E-state index contributed by atoms with van der Waals surface area (Å²) in [5.74, 6) is 0.922. The first-order valence-corrected chi connectivity index (χ1v) is 7.85. The van der Waals surface area contributed by atoms with Gasteiger partial charge in [0.05, 0.1) is 5.75 Å². The lowest BCUT2D eigenvalue weighted by atomic mass is 10.2. The number of aliphatic imine (C=N–C) groups is 1. The van der Waals surface area contributed by atoms with Gasteiger partial charge in [0.2, 0.25) is 0 Å². The average Bonchev–Trinajstić information content (AvgIpc) is 2.13. The van der Waals surface area contributed by atoms with Gasteiger partial charge < -0.3 is 4.90 Å². The molecule has 0 saturated heterocycles. The molecule has 17 heavy (non-hydrogen) atoms. The molecule has 0 atom stereocenters. The maximum atomic E-state index is 11.2. The molecule has 0 rings (SSSR count). The zero-order chi connectivity index (χ0) is 13.6. The van der Waals surface area contributed by atoms with Gasteiger partial charge in [-0.1, -0.05) is 5.57 Å². The summed E-state index contributed by atoms with van der Waals surface area (Å²) in [7, 11) is -1.24. The van der Waals surface area contributed by atoms with Gasteiger partial charge in [-0.2, -0.15) is 0 Å². The van der Waals surface area contributed by atoms with Gasteiger partial charge in [-0.25, -0.2) is 8.42 Å². The zero-order valence-corrected chi connectivity index (χ0v) is 12.5. The molecule has 0 amide bonds. The summed E-state index contributed by atoms with van der Waals surface area (Å²) in [5, 5.41) is 0. The molecule has 5 heteroatoms. The smallest absolute Gasteiger partial charge is 0.151 e. The molecule has 0 aromatic heterocycles. The summed E-state index contributed by atoms with van der Waals surface area (Å²) in [4.78, 5) is 6.35. The lowest BCUT2D eigenvalue weighted by Crippen LogP contribution is -2.36. The third-order valence-corrected chi connectivity index (χ3v) is 3.33. The molecule has 0 aromatic carbocycles. The standard InChI is InChI=1S/C12H24N2O2S/c1-7-14(10(2)3)12(13-5)8-11(4)9-17(6,15)16/h8,10H,7,9H2,1-6H3/b11-8+,13-12?. The summed E-state index contributed by atoms with van der Waals surface area (Å²) < 4.78 is 22.4. The van der Waals surface area contributed by atoms with Crippen LogP contribution in [0.1, 0.15) is 27.7 Å². The van der Waals surface area contributed by atoms with Crippen LogP contribution in [0.2, 0.25) is 0 Å². The summed E-state index contributed by atoms with van der Waals surface area (Å²) in [6.07, 6.45) is 3.09. The highest BCUT2D eigenvalue weighted by Gasteiger charge is 2.11. The van der Waals surface area contributed by atoms with Gasteiger partial charge in [0.1, 0.15) is 5.84 Å². The molecular formula is C12H24N2O2S. The molecule has 0 aliphatic heterocycles. The summed E-state index contributed by atoms with van der Waals surface area (Å²) >= 11 is 0. The largest absolute Gasteiger partial charge is 0.355 e. The fourth-order valence-corrected chi connectivity index (χ4v) is 2.65. The molecule has 0 unspecified atom stereocenters. The van der Waals surface area contributed by atoms with Crippen molar-refractivity contribution >= 4 is 15.7 Å². The van der Waals surface area contributed by atoms with Crippen molar-refractivity contribution in [3.63, 3.8) is 0 Å². The first-order valence-electron chi connectivity index (χ1n) is 5.79. The number of sulfone groups is 1. The van der Waals surface area contributed by atoms with Crippen molar-refractivity contribution in [2.24, 2.45) is 4.99 Å². The Bertz CT molecular complexity index is 395. The lowest BCUT2D eigenvalue weighted by Gasteiger charge is -2.27. The molecule has 100 valence electrons. The van der Waals surface area contributed by atoms with E-state index in [0.29, 0.717) is 6.04 Å². The van der Waals surface area contributed by atoms with Crippen molar-refractivity contribution in [3.8, 4) is 0 Å². The average molecular weight is 260 g/mol. The van der Waals surface area contributed by atoms with Crippen molar-refractivity contribution in [3.05, 3.63) is 11.6 Å². The van der Waals surface area contributed by atoms with Gasteiger partial charge in [0, 0.05) is 25.9 Å². The molecule has 0 fully saturated rings. The van der Waals surface area contributed by atoms with Gasteiger partial charge in [0.25, 0.3) is 0 Å². The van der Waals surface area contributed by atoms with Crippen molar-refractivity contribution in [1.82, 2.24) is 4.90 Å². The minimum Gasteiger partial charge on any atom is -0.355 e. The zero-order valence-electron chi connectivity index (χ0n) is 11.7. The number of likely N-dealkylation sites (N-methyl/N-ethyl adjacent to an activating group) is 1. The van der Waals surface area contributed by atoms with Gasteiger partial charge in [-0.05, 0) is 33.8 Å². The molecule has 0 radical (unpaired) electrons. The van der Waals surface area contributed by atoms with E-state index in [4.69, 9.17) is 0 Å². The van der Waals surface area contributed by atoms with Crippen LogP contribution in [-0.2, 0) is 9.84 Å². The van der Waals surface area contributed by atoms with Crippen molar-refractivity contribution in [1.29, 1.82) is 0 Å². The fourth-order valence-electron chi connectivity index (χ4n) is 1.74. The van der Waals surface area contributed by atoms with Gasteiger partial charge in [-0.15, -0.1) is 0 Å². The maximum absolute atomic E-state index is 11.2. The minimum absolute atomic E-state index is 0.0850. The molecule has 0 aliphatic carbocycles. The van der Waals surface area contributed by atoms with Crippen LogP contribution in [0, 0.1) is 0 Å². The normalized spacial score (nSPS) is 14.3. The monoisotopic (exact) mass is 260 g/mol. The third kappa shape index (κ3) is 6.46. The van der Waals surface area contributed by atoms with Crippen molar-refractivity contribution < 1.29 is 8.42 Å². The van der Waals surface area contributed by atoms with Crippen LogP contribution in [0.4, 0.5) is 0 Å². The Kier molecular flexibility index (Phi) is 6.45. The van der Waals surface area contributed by atoms with Crippen LogP contribution >= 0.6 is 0 Å². The number of rotatable bonds is 5. The minimum atomic E-state index is -2.97. The molecule has 0 aromatic rings. The second kappa shape index (κ2) is 6.79. The van der Waals surface area contributed by atoms with E-state index in [2.05, 4.69) is 30.7 Å². The van der Waals surface area contributed by atoms with E-state index in [-0.39, 0.29) is 5.75 Å². The molecule has 4 nitrogen and oxygen atoms in total. The van der Waals surface area contributed by atoms with E-state index in [0.717, 1.165) is 18.0 Å². The van der Waals surface area contributed by atoms with Crippen LogP contribution < -0.4 is 0 Å². The summed E-state index contributed by atoms with van der Waals surface area (Å²) in [6, 6.07) is 0.348. The second-order valence-electron chi connectivity index (χ2n) is 4.52. The van der Waals surface area contributed by atoms with E-state index in [1.165, 1.54) is 6.26 Å². The highest BCUT2D eigenvalue weighted by molar-refractivity contribution is 7.90. The molecule has 0 heterocycles. The van der Waals surface area contributed by atoms with Crippen molar-refractivity contribution in [2.75, 3.05) is 25.6 Å². The predicted molar refractivity (Wildman–Crippen MR) is 74.3 cm³/mol. The molecule has 0 N–H and O–H groups in total. The van der Waals surface area contributed by atoms with Crippen LogP contribution in [0.3, 0.4) is 0 Å². The number of hydrogen-bond donors (Lipinski definition) is 0. The Morgan fingerprint density at radius 3 is 2.24 bits per heavy atom. The van der Waals surface area contributed by atoms with Gasteiger partial charge in [-0.3, -0.25) is 4.99 Å². The summed E-state index contributed by atoms with van der Waals surface area (Å²) in [5.41, 5.74) is 0.812. The molecule has 0 saturated carbocycles. The maximum Gasteiger partial charge on any atom is 0.151 e. The molecule has 0 aliphatic rings. The Balaban J connectivity index is 4.99. The molecular weight excluding hydrogens is 236 g/mol. The van der Waals surface area contributed by atoms with Gasteiger partial charge >= 0.3 is 0 Å². The lowest BCUT2D eigenvalue weighted by molar-refractivity contribution is 0.368. The fraction of sp³-hybridized carbons (Fsp3) is 0.750. The number of hydrogen-bond acceptors (Lipinski definition) is 3. The van der Waals surface area contributed by atoms with Crippen molar-refractivity contribution in [2.45, 2.75) is 33.7 Å². The predicted octanol–water partition coefficient (Wildman–Crippen LogP) is 1.74. The molecule has 0 spiro atoms. The van der Waals surface area contributed by atoms with E-state index in [1.54, 1.807) is 7.05 Å². The topological polar surface area (TPSA) is 49.7 Å². The first kappa shape index (κ1) is 16.2. The van der Waals surface area contributed by atoms with E-state index in [9.17, 15) is 8.42 Å². The van der Waals surface area contributed by atoms with Crippen LogP contribution in [0.15, 0.2) is 16.6 Å². The first-order chi connectivity index (χ1) is 7.71. The van der Waals surface area contributed by atoms with Gasteiger partial charge in [0.15, 0.2) is 9.84 Å². The Hall–Kier alpha value is -0.840. The highest BCUT2D eigenvalue weighted by Crippen LogP contribution is 2.05. The quantitative estimate of drug-likeness (QED) is 0.559. The Labute approximate surface area is 105 Å².